The third-order valence-corrected chi connectivity index (χ3v) is 2.91. The Bertz CT molecular complexity index is 687. The quantitative estimate of drug-likeness (QED) is 0.660. The molecule has 0 unspecified atom stereocenters. The fourth-order valence-corrected chi connectivity index (χ4v) is 1.99. The lowest BCUT2D eigenvalue weighted by Crippen LogP contribution is -1.98. The molecule has 19 heavy (non-hydrogen) atoms. The van der Waals surface area contributed by atoms with E-state index < -0.39 is 0 Å². The summed E-state index contributed by atoms with van der Waals surface area (Å²) >= 11 is 0. The highest BCUT2D eigenvalue weighted by Gasteiger charge is 2.06. The van der Waals surface area contributed by atoms with Crippen LogP contribution >= 0.6 is 0 Å². The van der Waals surface area contributed by atoms with Crippen LogP contribution < -0.4 is 0 Å². The van der Waals surface area contributed by atoms with Crippen LogP contribution in [-0.2, 0) is 0 Å². The lowest BCUT2D eigenvalue weighted by atomic mass is 10.1. The first kappa shape index (κ1) is 11.3. The Morgan fingerprint density at radius 1 is 0.895 bits per heavy atom. The van der Waals surface area contributed by atoms with E-state index in [0.717, 1.165) is 16.9 Å². The molecule has 1 heterocycles. The molecule has 1 aromatic heterocycles. The number of aromatic nitrogens is 2. The molecule has 0 spiro atoms. The van der Waals surface area contributed by atoms with E-state index in [1.54, 1.807) is 18.3 Å². The van der Waals surface area contributed by atoms with Crippen molar-refractivity contribution in [2.45, 2.75) is 0 Å². The van der Waals surface area contributed by atoms with Crippen molar-refractivity contribution in [1.82, 2.24) is 9.78 Å². The van der Waals surface area contributed by atoms with Gasteiger partial charge in [-0.15, -0.1) is 4.91 Å². The van der Waals surface area contributed by atoms with Crippen LogP contribution in [-0.4, -0.2) is 9.78 Å². The third-order valence-electron chi connectivity index (χ3n) is 2.91. The summed E-state index contributed by atoms with van der Waals surface area (Å²) in [6.45, 7) is 0. The average molecular weight is 249 g/mol. The predicted molar refractivity (Wildman–Crippen MR) is 74.5 cm³/mol. The van der Waals surface area contributed by atoms with Gasteiger partial charge in [0.05, 0.1) is 17.6 Å². The summed E-state index contributed by atoms with van der Waals surface area (Å²) in [5, 5.41) is 7.24. The summed E-state index contributed by atoms with van der Waals surface area (Å²) < 4.78 is 1.86. The summed E-state index contributed by atoms with van der Waals surface area (Å²) in [6.07, 6.45) is 1.76. The highest BCUT2D eigenvalue weighted by molar-refractivity contribution is 5.63. The number of hydrogen-bond acceptors (Lipinski definition) is 3. The van der Waals surface area contributed by atoms with Gasteiger partial charge in [-0.1, -0.05) is 30.3 Å². The molecule has 0 atom stereocenters. The van der Waals surface area contributed by atoms with Crippen molar-refractivity contribution in [1.29, 1.82) is 0 Å². The predicted octanol–water partition coefficient (Wildman–Crippen LogP) is 3.94. The zero-order valence-electron chi connectivity index (χ0n) is 10.1. The minimum atomic E-state index is 0.425. The summed E-state index contributed by atoms with van der Waals surface area (Å²) in [6, 6.07) is 19.0. The molecule has 0 saturated carbocycles. The van der Waals surface area contributed by atoms with E-state index in [1.165, 1.54) is 0 Å². The zero-order chi connectivity index (χ0) is 13.1. The van der Waals surface area contributed by atoms with Crippen molar-refractivity contribution in [3.05, 3.63) is 71.8 Å². The van der Waals surface area contributed by atoms with Gasteiger partial charge >= 0.3 is 0 Å². The van der Waals surface area contributed by atoms with Gasteiger partial charge in [0, 0.05) is 5.56 Å². The van der Waals surface area contributed by atoms with Gasteiger partial charge in [0.1, 0.15) is 5.69 Å². The lowest BCUT2D eigenvalue weighted by Gasteiger charge is -2.07. The minimum Gasteiger partial charge on any atom is -0.233 e. The van der Waals surface area contributed by atoms with Crippen LogP contribution in [0.15, 0.2) is 72.0 Å². The Morgan fingerprint density at radius 3 is 2.32 bits per heavy atom. The average Bonchev–Trinajstić information content (AvgIpc) is 2.98. The first-order valence-corrected chi connectivity index (χ1v) is 5.92. The first-order chi connectivity index (χ1) is 9.38. The molecule has 3 aromatic rings. The normalized spacial score (nSPS) is 10.3. The molecule has 3 rings (SSSR count). The van der Waals surface area contributed by atoms with E-state index >= 15 is 0 Å². The molecule has 0 aliphatic carbocycles. The second-order valence-electron chi connectivity index (χ2n) is 4.10. The van der Waals surface area contributed by atoms with Crippen molar-refractivity contribution in [3.8, 4) is 16.9 Å². The largest absolute Gasteiger partial charge is 0.233 e. The third kappa shape index (κ3) is 2.15. The molecule has 92 valence electrons. The lowest BCUT2D eigenvalue weighted by molar-refractivity contribution is 0.888. The molecular weight excluding hydrogens is 238 g/mol. The van der Waals surface area contributed by atoms with E-state index in [4.69, 9.17) is 0 Å². The standard InChI is InChI=1S/C15H11N3O/c19-17-13-8-6-12(7-9-13)15-10-11-16-18(15)14-4-2-1-3-5-14/h1-11H. The molecule has 0 fully saturated rings. The van der Waals surface area contributed by atoms with Crippen LogP contribution in [0.4, 0.5) is 5.69 Å². The molecule has 0 aliphatic rings. The Balaban J connectivity index is 2.06. The number of benzene rings is 2. The second kappa shape index (κ2) is 4.86. The highest BCUT2D eigenvalue weighted by atomic mass is 16.3. The zero-order valence-corrected chi connectivity index (χ0v) is 10.1. The van der Waals surface area contributed by atoms with Crippen molar-refractivity contribution >= 4 is 5.69 Å². The van der Waals surface area contributed by atoms with Crippen molar-refractivity contribution < 1.29 is 0 Å². The first-order valence-electron chi connectivity index (χ1n) is 5.92. The minimum absolute atomic E-state index is 0.425. The van der Waals surface area contributed by atoms with Crippen LogP contribution in [0.25, 0.3) is 16.9 Å². The molecular formula is C15H11N3O. The van der Waals surface area contributed by atoms with Crippen LogP contribution in [0.5, 0.6) is 0 Å². The Kier molecular flexibility index (Phi) is 2.90. The van der Waals surface area contributed by atoms with Crippen LogP contribution in [0, 0.1) is 4.91 Å². The van der Waals surface area contributed by atoms with E-state index in [0.29, 0.717) is 5.69 Å². The van der Waals surface area contributed by atoms with E-state index in [9.17, 15) is 4.91 Å². The number of rotatable bonds is 3. The monoisotopic (exact) mass is 249 g/mol. The molecule has 0 saturated heterocycles. The van der Waals surface area contributed by atoms with Crippen LogP contribution in [0.3, 0.4) is 0 Å². The molecule has 4 heteroatoms. The molecule has 4 nitrogen and oxygen atoms in total. The van der Waals surface area contributed by atoms with Gasteiger partial charge in [0.25, 0.3) is 0 Å². The van der Waals surface area contributed by atoms with Gasteiger partial charge in [-0.2, -0.15) is 5.10 Å². The van der Waals surface area contributed by atoms with Gasteiger partial charge in [-0.05, 0) is 35.5 Å². The summed E-state index contributed by atoms with van der Waals surface area (Å²) in [4.78, 5) is 10.4. The van der Waals surface area contributed by atoms with Crippen LogP contribution in [0.1, 0.15) is 0 Å². The molecule has 0 bridgehead atoms. The second-order valence-corrected chi connectivity index (χ2v) is 4.10. The smallest absolute Gasteiger partial charge is 0.108 e. The summed E-state index contributed by atoms with van der Waals surface area (Å²) in [5.74, 6) is 0. The van der Waals surface area contributed by atoms with E-state index in [-0.39, 0.29) is 0 Å². The summed E-state index contributed by atoms with van der Waals surface area (Å²) in [5.41, 5.74) is 3.40. The topological polar surface area (TPSA) is 47.2 Å². The van der Waals surface area contributed by atoms with Crippen molar-refractivity contribution in [3.63, 3.8) is 0 Å². The van der Waals surface area contributed by atoms with Crippen molar-refractivity contribution in [2.24, 2.45) is 5.18 Å². The van der Waals surface area contributed by atoms with Crippen LogP contribution in [0.2, 0.25) is 0 Å². The van der Waals surface area contributed by atoms with Gasteiger partial charge in [0.15, 0.2) is 0 Å². The maximum absolute atomic E-state index is 10.4. The summed E-state index contributed by atoms with van der Waals surface area (Å²) in [7, 11) is 0. The van der Waals surface area contributed by atoms with Gasteiger partial charge in [0.2, 0.25) is 0 Å². The fourth-order valence-electron chi connectivity index (χ4n) is 1.99. The Labute approximate surface area is 110 Å². The SMILES string of the molecule is O=Nc1ccc(-c2ccnn2-c2ccccc2)cc1. The maximum Gasteiger partial charge on any atom is 0.108 e. The molecule has 2 aromatic carbocycles. The van der Waals surface area contributed by atoms with Gasteiger partial charge in [-0.3, -0.25) is 0 Å². The molecule has 0 N–H and O–H groups in total. The van der Waals surface area contributed by atoms with E-state index in [2.05, 4.69) is 10.3 Å². The number of nitrogens with zero attached hydrogens (tertiary/aromatic N) is 3. The number of para-hydroxylation sites is 1. The molecule has 0 aliphatic heterocycles. The van der Waals surface area contributed by atoms with Gasteiger partial charge in [-0.25, -0.2) is 4.68 Å². The highest BCUT2D eigenvalue weighted by Crippen LogP contribution is 2.24. The Morgan fingerprint density at radius 2 is 1.63 bits per heavy atom. The molecule has 0 radical (unpaired) electrons. The van der Waals surface area contributed by atoms with E-state index in [1.807, 2.05) is 53.2 Å². The van der Waals surface area contributed by atoms with Gasteiger partial charge < -0.3 is 0 Å². The number of hydrogen-bond donors (Lipinski definition) is 0. The fraction of sp³-hybridized carbons (Fsp3) is 0. The number of nitroso groups, excluding NO2 is 1. The molecule has 0 amide bonds. The maximum atomic E-state index is 10.4. The Hall–Kier alpha value is -2.75. The van der Waals surface area contributed by atoms with Crippen molar-refractivity contribution in [2.75, 3.05) is 0 Å².